The molecule has 0 radical (unpaired) electrons. The highest BCUT2D eigenvalue weighted by molar-refractivity contribution is 5.56. The van der Waals surface area contributed by atoms with E-state index in [-0.39, 0.29) is 5.56 Å². The molecule has 3 heterocycles. The van der Waals surface area contributed by atoms with E-state index >= 15 is 0 Å². The third kappa shape index (κ3) is 2.10. The van der Waals surface area contributed by atoms with E-state index in [4.69, 9.17) is 5.73 Å². The SMILES string of the molecule is NCc1ccnc(-n2[nH]nc(-c3cccnc3)c2=O)c1. The maximum atomic E-state index is 12.3. The van der Waals surface area contributed by atoms with Gasteiger partial charge in [0.2, 0.25) is 0 Å². The molecule has 0 atom stereocenters. The van der Waals surface area contributed by atoms with Crippen LogP contribution in [0.15, 0.2) is 47.7 Å². The Bertz CT molecular complexity index is 777. The highest BCUT2D eigenvalue weighted by Crippen LogP contribution is 2.11. The molecule has 100 valence electrons. The van der Waals surface area contributed by atoms with Crippen molar-refractivity contribution in [2.24, 2.45) is 5.73 Å². The summed E-state index contributed by atoms with van der Waals surface area (Å²) in [6.07, 6.45) is 4.83. The molecule has 7 heteroatoms. The van der Waals surface area contributed by atoms with E-state index in [0.717, 1.165) is 5.56 Å². The molecule has 0 amide bonds. The fourth-order valence-corrected chi connectivity index (χ4v) is 1.86. The quantitative estimate of drug-likeness (QED) is 0.719. The first kappa shape index (κ1) is 12.2. The Morgan fingerprint density at radius 1 is 1.30 bits per heavy atom. The maximum absolute atomic E-state index is 12.3. The predicted molar refractivity (Wildman–Crippen MR) is 73.1 cm³/mol. The van der Waals surface area contributed by atoms with Crippen LogP contribution in [0.2, 0.25) is 0 Å². The summed E-state index contributed by atoms with van der Waals surface area (Å²) in [5.74, 6) is 0.459. The van der Waals surface area contributed by atoms with Gasteiger partial charge in [0.25, 0.3) is 0 Å². The number of nitrogens with two attached hydrogens (primary N) is 1. The third-order valence-electron chi connectivity index (χ3n) is 2.88. The van der Waals surface area contributed by atoms with Crippen LogP contribution in [-0.4, -0.2) is 25.0 Å². The maximum Gasteiger partial charge on any atom is 0.300 e. The highest BCUT2D eigenvalue weighted by atomic mass is 16.1. The Labute approximate surface area is 114 Å². The summed E-state index contributed by atoms with van der Waals surface area (Å²) >= 11 is 0. The Balaban J connectivity index is 2.09. The smallest absolute Gasteiger partial charge is 0.300 e. The fourth-order valence-electron chi connectivity index (χ4n) is 1.86. The van der Waals surface area contributed by atoms with Crippen LogP contribution in [0.5, 0.6) is 0 Å². The zero-order valence-corrected chi connectivity index (χ0v) is 10.5. The molecule has 7 nitrogen and oxygen atoms in total. The molecule has 0 bridgehead atoms. The van der Waals surface area contributed by atoms with Crippen LogP contribution in [0, 0.1) is 0 Å². The lowest BCUT2D eigenvalue weighted by molar-refractivity contribution is 0.761. The van der Waals surface area contributed by atoms with Gasteiger partial charge in [-0.1, -0.05) is 0 Å². The van der Waals surface area contributed by atoms with E-state index in [1.54, 1.807) is 42.9 Å². The first-order valence-electron chi connectivity index (χ1n) is 6.03. The fraction of sp³-hybridized carbons (Fsp3) is 0.0769. The number of aromatic amines is 1. The average Bonchev–Trinajstić information content (AvgIpc) is 2.90. The number of hydrogen-bond acceptors (Lipinski definition) is 5. The minimum absolute atomic E-state index is 0.278. The second kappa shape index (κ2) is 5.06. The molecule has 20 heavy (non-hydrogen) atoms. The molecule has 0 saturated heterocycles. The van der Waals surface area contributed by atoms with Gasteiger partial charge in [-0.2, -0.15) is 9.78 Å². The van der Waals surface area contributed by atoms with Crippen LogP contribution in [-0.2, 0) is 6.54 Å². The summed E-state index contributed by atoms with van der Waals surface area (Å²) in [5, 5.41) is 6.70. The van der Waals surface area contributed by atoms with E-state index in [2.05, 4.69) is 20.3 Å². The van der Waals surface area contributed by atoms with Gasteiger partial charge in [0.15, 0.2) is 11.5 Å². The molecular formula is C13H12N6O. The van der Waals surface area contributed by atoms with Crippen LogP contribution < -0.4 is 11.3 Å². The molecule has 0 spiro atoms. The molecule has 3 rings (SSSR count). The second-order valence-electron chi connectivity index (χ2n) is 4.17. The number of aromatic nitrogens is 5. The zero-order valence-electron chi connectivity index (χ0n) is 10.5. The number of nitrogens with one attached hydrogen (secondary N) is 1. The largest absolute Gasteiger partial charge is 0.326 e. The lowest BCUT2D eigenvalue weighted by Crippen LogP contribution is -2.17. The Morgan fingerprint density at radius 3 is 2.95 bits per heavy atom. The van der Waals surface area contributed by atoms with Crippen molar-refractivity contribution in [3.05, 3.63) is 58.8 Å². The summed E-state index contributed by atoms with van der Waals surface area (Å²) < 4.78 is 1.28. The van der Waals surface area contributed by atoms with Crippen molar-refractivity contribution >= 4 is 0 Å². The summed E-state index contributed by atoms with van der Waals surface area (Å²) in [4.78, 5) is 20.5. The van der Waals surface area contributed by atoms with Crippen molar-refractivity contribution in [3.8, 4) is 17.1 Å². The van der Waals surface area contributed by atoms with Gasteiger partial charge in [-0.15, -0.1) is 0 Å². The highest BCUT2D eigenvalue weighted by Gasteiger charge is 2.12. The van der Waals surface area contributed by atoms with Gasteiger partial charge in [0, 0.05) is 30.7 Å². The molecule has 0 fully saturated rings. The van der Waals surface area contributed by atoms with Crippen LogP contribution in [0.1, 0.15) is 5.56 Å². The lowest BCUT2D eigenvalue weighted by atomic mass is 10.2. The van der Waals surface area contributed by atoms with Crippen LogP contribution in [0.4, 0.5) is 0 Å². The Kier molecular flexibility index (Phi) is 3.10. The molecule has 3 aromatic rings. The van der Waals surface area contributed by atoms with E-state index in [1.165, 1.54) is 4.68 Å². The van der Waals surface area contributed by atoms with Crippen molar-refractivity contribution in [1.82, 2.24) is 25.0 Å². The summed E-state index contributed by atoms with van der Waals surface area (Å²) in [5.41, 5.74) is 7.15. The molecule has 0 aliphatic heterocycles. The van der Waals surface area contributed by atoms with Gasteiger partial charge in [-0.05, 0) is 29.8 Å². The number of nitrogens with zero attached hydrogens (tertiary/aromatic N) is 4. The monoisotopic (exact) mass is 268 g/mol. The Hall–Kier alpha value is -2.80. The van der Waals surface area contributed by atoms with Gasteiger partial charge < -0.3 is 5.73 Å². The lowest BCUT2D eigenvalue weighted by Gasteiger charge is -2.01. The molecule has 0 aliphatic carbocycles. The van der Waals surface area contributed by atoms with Gasteiger partial charge >= 0.3 is 5.56 Å². The van der Waals surface area contributed by atoms with Crippen LogP contribution in [0.3, 0.4) is 0 Å². The second-order valence-corrected chi connectivity index (χ2v) is 4.17. The van der Waals surface area contributed by atoms with Gasteiger partial charge in [0.05, 0.1) is 0 Å². The first-order valence-corrected chi connectivity index (χ1v) is 6.03. The third-order valence-corrected chi connectivity index (χ3v) is 2.88. The van der Waals surface area contributed by atoms with Crippen LogP contribution >= 0.6 is 0 Å². The minimum Gasteiger partial charge on any atom is -0.326 e. The van der Waals surface area contributed by atoms with Crippen LogP contribution in [0.25, 0.3) is 17.1 Å². The van der Waals surface area contributed by atoms with Crippen molar-refractivity contribution in [1.29, 1.82) is 0 Å². The van der Waals surface area contributed by atoms with Crippen molar-refractivity contribution in [2.45, 2.75) is 6.54 Å². The molecule has 3 aromatic heterocycles. The molecule has 0 unspecified atom stereocenters. The number of rotatable bonds is 3. The molecule has 0 aliphatic rings. The zero-order chi connectivity index (χ0) is 13.9. The molecular weight excluding hydrogens is 256 g/mol. The van der Waals surface area contributed by atoms with Crippen molar-refractivity contribution in [2.75, 3.05) is 0 Å². The summed E-state index contributed by atoms with van der Waals surface area (Å²) in [6.45, 7) is 0.383. The number of hydrogen-bond donors (Lipinski definition) is 2. The van der Waals surface area contributed by atoms with E-state index in [0.29, 0.717) is 23.6 Å². The summed E-state index contributed by atoms with van der Waals surface area (Å²) in [7, 11) is 0. The van der Waals surface area contributed by atoms with Crippen molar-refractivity contribution < 1.29 is 0 Å². The molecule has 3 N–H and O–H groups in total. The number of pyridine rings is 2. The minimum atomic E-state index is -0.278. The number of H-pyrrole nitrogens is 1. The van der Waals surface area contributed by atoms with Crippen molar-refractivity contribution in [3.63, 3.8) is 0 Å². The summed E-state index contributed by atoms with van der Waals surface area (Å²) in [6, 6.07) is 7.07. The normalized spacial score (nSPS) is 10.7. The van der Waals surface area contributed by atoms with E-state index in [1.807, 2.05) is 0 Å². The van der Waals surface area contributed by atoms with E-state index < -0.39 is 0 Å². The van der Waals surface area contributed by atoms with Gasteiger partial charge in [-0.3, -0.25) is 9.78 Å². The standard InChI is InChI=1S/C13H12N6O/c14-7-9-3-5-16-11(6-9)19-13(20)12(17-18-19)10-2-1-4-15-8-10/h1-6,8,18H,7,14H2. The van der Waals surface area contributed by atoms with Gasteiger partial charge in [-0.25, -0.2) is 10.2 Å². The van der Waals surface area contributed by atoms with E-state index in [9.17, 15) is 4.79 Å². The first-order chi connectivity index (χ1) is 9.79. The van der Waals surface area contributed by atoms with Gasteiger partial charge in [0.1, 0.15) is 0 Å². The topological polar surface area (TPSA) is 102 Å². The Morgan fingerprint density at radius 2 is 2.20 bits per heavy atom. The predicted octanol–water partition coefficient (Wildman–Crippen LogP) is 0.476. The molecule has 0 aromatic carbocycles. The average molecular weight is 268 g/mol. The molecule has 0 saturated carbocycles.